The van der Waals surface area contributed by atoms with Gasteiger partial charge in [0, 0.05) is 0 Å². The van der Waals surface area contributed by atoms with Gasteiger partial charge in [-0.3, -0.25) is 0 Å². The largest absolute Gasteiger partial charge is 1.00 e. The van der Waals surface area contributed by atoms with Crippen LogP contribution in [0.4, 0.5) is 0 Å². The van der Waals surface area contributed by atoms with E-state index in [0.29, 0.717) is 17.2 Å². The van der Waals surface area contributed by atoms with Crippen LogP contribution in [0.2, 0.25) is 4.47 Å². The Hall–Kier alpha value is 1.85. The summed E-state index contributed by atoms with van der Waals surface area (Å²) in [6.45, 7) is 2.26. The molecule has 0 amide bonds. The first kappa shape index (κ1) is 11.6. The molecule has 0 aliphatic carbocycles. The second kappa shape index (κ2) is 10.8. The molecular formula is C4H9ClMgTe. The zero-order valence-corrected chi connectivity index (χ0v) is 9.12. The molecule has 40 valence electrons. The zero-order chi connectivity index (χ0) is 4.83. The fourth-order valence-corrected chi connectivity index (χ4v) is 3.02. The summed E-state index contributed by atoms with van der Waals surface area (Å²) in [6.07, 6.45) is 2.87. The number of rotatable bonds is 3. The first-order chi connectivity index (χ1) is 2.91. The third-order valence-electron chi connectivity index (χ3n) is 0.642. The molecule has 0 spiro atoms. The minimum Gasteiger partial charge on any atom is -1.00 e. The predicted molar refractivity (Wildman–Crippen MR) is 31.2 cm³/mol. The van der Waals surface area contributed by atoms with Crippen LogP contribution in [0.1, 0.15) is 19.8 Å². The van der Waals surface area contributed by atoms with Crippen LogP contribution in [0, 0.1) is 0 Å². The molecule has 7 heavy (non-hydrogen) atoms. The van der Waals surface area contributed by atoms with Crippen LogP contribution >= 0.6 is 0 Å². The third-order valence-corrected chi connectivity index (χ3v) is 4.23. The third kappa shape index (κ3) is 11.4. The Balaban J connectivity index is 0. The topological polar surface area (TPSA) is 0 Å². The molecule has 0 aliphatic rings. The number of halogens is 1. The summed E-state index contributed by atoms with van der Waals surface area (Å²) in [5.74, 6) is 0. The van der Waals surface area contributed by atoms with Crippen molar-refractivity contribution in [3.05, 3.63) is 0 Å². The number of hydrogen-bond acceptors (Lipinski definition) is 0. The standard InChI is InChI=1S/C4H10Te.ClH.Mg/c1-2-3-4-5;;/h5H,2-4H2,1H3;1H;/q;;+2/p-2. The minimum absolute atomic E-state index is 0. The molecule has 0 heterocycles. The van der Waals surface area contributed by atoms with E-state index in [1.165, 1.54) is 12.8 Å². The average Bonchev–Trinajstić information content (AvgIpc) is 1.61. The Labute approximate surface area is 71.0 Å². The van der Waals surface area contributed by atoms with Crippen molar-refractivity contribution in [1.29, 1.82) is 0 Å². The van der Waals surface area contributed by atoms with E-state index in [1.54, 1.807) is 4.47 Å². The van der Waals surface area contributed by atoms with Gasteiger partial charge < -0.3 is 12.4 Å². The van der Waals surface area contributed by atoms with Gasteiger partial charge in [-0.2, -0.15) is 0 Å². The van der Waals surface area contributed by atoms with Crippen LogP contribution in [0.25, 0.3) is 0 Å². The van der Waals surface area contributed by atoms with Gasteiger partial charge in [0.05, 0.1) is 0 Å². The van der Waals surface area contributed by atoms with E-state index >= 15 is 0 Å². The van der Waals surface area contributed by atoms with Gasteiger partial charge >= 0.3 is 59.3 Å². The summed E-state index contributed by atoms with van der Waals surface area (Å²) in [4.78, 5) is 0. The Morgan fingerprint density at radius 1 is 1.57 bits per heavy atom. The summed E-state index contributed by atoms with van der Waals surface area (Å²) in [6, 6.07) is 0. The molecule has 0 aromatic heterocycles. The van der Waals surface area contributed by atoms with E-state index in [1.807, 2.05) is 0 Å². The number of hydrogen-bond donors (Lipinski definition) is 0. The van der Waals surface area contributed by atoms with Gasteiger partial charge in [0.15, 0.2) is 0 Å². The Kier molecular flexibility index (Phi) is 17.9. The van der Waals surface area contributed by atoms with Gasteiger partial charge in [-0.15, -0.1) is 0 Å². The second-order valence-corrected chi connectivity index (χ2v) is 6.33. The maximum atomic E-state index is 2.26. The quantitative estimate of drug-likeness (QED) is 0.398. The first-order valence-electron chi connectivity index (χ1n) is 2.28. The maximum Gasteiger partial charge on any atom is -1.00 e. The summed E-state index contributed by atoms with van der Waals surface area (Å²) >= 11 is 2.69. The summed E-state index contributed by atoms with van der Waals surface area (Å²) in [5, 5.41) is 0. The Bertz CT molecular complexity index is 23.7. The fraction of sp³-hybridized carbons (Fsp3) is 1.00. The molecule has 0 aromatic carbocycles. The van der Waals surface area contributed by atoms with Gasteiger partial charge in [-0.05, 0) is 0 Å². The second-order valence-electron chi connectivity index (χ2n) is 1.26. The summed E-state index contributed by atoms with van der Waals surface area (Å²) < 4.78 is 1.56. The van der Waals surface area contributed by atoms with Crippen LogP contribution in [0.5, 0.6) is 0 Å². The van der Waals surface area contributed by atoms with Crippen molar-refractivity contribution in [3.63, 3.8) is 0 Å². The molecule has 0 unspecified atom stereocenters. The zero-order valence-electron chi connectivity index (χ0n) is 4.61. The van der Waals surface area contributed by atoms with Crippen molar-refractivity contribution in [2.75, 3.05) is 0 Å². The number of unbranched alkanes of at least 4 members (excludes halogenated alkanes) is 1. The van der Waals surface area contributed by atoms with Gasteiger partial charge in [-0.1, -0.05) is 0 Å². The molecule has 0 fully saturated rings. The van der Waals surface area contributed by atoms with Gasteiger partial charge in [0.2, 0.25) is 0 Å². The maximum absolute atomic E-state index is 2.26. The minimum atomic E-state index is 0. The fourth-order valence-electron chi connectivity index (χ4n) is 0.246. The van der Waals surface area contributed by atoms with E-state index < -0.39 is 0 Å². The smallest absolute Gasteiger partial charge is 1.00 e. The summed E-state index contributed by atoms with van der Waals surface area (Å²) in [7, 11) is 0. The van der Waals surface area contributed by atoms with Crippen LogP contribution in [-0.2, 0) is 0 Å². The van der Waals surface area contributed by atoms with E-state index in [-0.39, 0.29) is 12.4 Å². The predicted octanol–water partition coefficient (Wildman–Crippen LogP) is -2.00. The molecule has 0 aliphatic heterocycles. The molecule has 0 bridgehead atoms. The molecular weight excluding hydrogens is 235 g/mol. The van der Waals surface area contributed by atoms with E-state index in [2.05, 4.69) is 24.8 Å². The molecule has 0 radical (unpaired) electrons. The van der Waals surface area contributed by atoms with E-state index in [0.717, 1.165) is 0 Å². The van der Waals surface area contributed by atoms with Crippen molar-refractivity contribution < 1.29 is 12.4 Å². The van der Waals surface area contributed by atoms with Gasteiger partial charge in [0.25, 0.3) is 0 Å². The van der Waals surface area contributed by atoms with Crippen LogP contribution in [0.15, 0.2) is 0 Å². The van der Waals surface area contributed by atoms with E-state index in [9.17, 15) is 0 Å². The molecule has 0 atom stereocenters. The molecule has 0 aromatic rings. The van der Waals surface area contributed by atoms with Gasteiger partial charge in [-0.25, -0.2) is 0 Å². The van der Waals surface area contributed by atoms with Crippen molar-refractivity contribution in [2.45, 2.75) is 24.2 Å². The SMILES string of the molecule is CCCC[Te][Mg+].[Cl-]. The molecule has 0 rings (SSSR count). The van der Waals surface area contributed by atoms with E-state index in [4.69, 9.17) is 0 Å². The molecule has 0 N–H and O–H groups in total. The molecule has 0 nitrogen and oxygen atoms in total. The van der Waals surface area contributed by atoms with Crippen molar-refractivity contribution in [3.8, 4) is 0 Å². The monoisotopic (exact) mass is 246 g/mol. The van der Waals surface area contributed by atoms with Crippen LogP contribution in [-0.4, -0.2) is 35.1 Å². The van der Waals surface area contributed by atoms with Gasteiger partial charge in [0.1, 0.15) is 0 Å². The van der Waals surface area contributed by atoms with Crippen molar-refractivity contribution in [2.24, 2.45) is 0 Å². The van der Waals surface area contributed by atoms with Crippen LogP contribution < -0.4 is 12.4 Å². The molecule has 3 heteroatoms. The molecule has 0 saturated heterocycles. The Morgan fingerprint density at radius 3 is 2.29 bits per heavy atom. The normalized spacial score (nSPS) is 7.86. The summed E-state index contributed by atoms with van der Waals surface area (Å²) in [5.41, 5.74) is 0. The Morgan fingerprint density at radius 2 is 2.14 bits per heavy atom. The molecule has 0 saturated carbocycles. The van der Waals surface area contributed by atoms with Crippen molar-refractivity contribution >= 4 is 35.1 Å². The average molecular weight is 244 g/mol. The van der Waals surface area contributed by atoms with Crippen LogP contribution in [0.3, 0.4) is 0 Å². The first-order valence-corrected chi connectivity index (χ1v) is 9.45. The van der Waals surface area contributed by atoms with Crippen molar-refractivity contribution in [1.82, 2.24) is 0 Å².